The Morgan fingerprint density at radius 3 is 2.23 bits per heavy atom. The fourth-order valence-electron chi connectivity index (χ4n) is 2.64. The van der Waals surface area contributed by atoms with Crippen molar-refractivity contribution in [2.24, 2.45) is 0 Å². The molecule has 3 aromatic rings. The highest BCUT2D eigenvalue weighted by molar-refractivity contribution is 7.92. The first-order chi connectivity index (χ1) is 18.2. The van der Waals surface area contributed by atoms with Gasteiger partial charge in [0.05, 0.1) is 21.8 Å². The third-order valence-corrected chi connectivity index (χ3v) is 6.74. The van der Waals surface area contributed by atoms with Gasteiger partial charge in [0.25, 0.3) is 10.0 Å². The molecule has 3 N–H and O–H groups in total. The van der Waals surface area contributed by atoms with Gasteiger partial charge in [-0.25, -0.2) is 32.0 Å². The van der Waals surface area contributed by atoms with Crippen LogP contribution in [0.25, 0.3) is 0 Å². The molecular formula is C23H15Cl2F5N4O4S. The van der Waals surface area contributed by atoms with Crippen LogP contribution in [0.5, 0.6) is 0 Å². The van der Waals surface area contributed by atoms with Crippen molar-refractivity contribution in [1.29, 1.82) is 0 Å². The molecule has 206 valence electrons. The molecule has 0 saturated heterocycles. The lowest BCUT2D eigenvalue weighted by atomic mass is 10.1. The first kappa shape index (κ1) is 29.9. The predicted molar refractivity (Wildman–Crippen MR) is 132 cm³/mol. The summed E-state index contributed by atoms with van der Waals surface area (Å²) in [5.41, 5.74) is -0.767. The first-order valence-corrected chi connectivity index (χ1v) is 12.8. The van der Waals surface area contributed by atoms with Crippen LogP contribution in [0.3, 0.4) is 0 Å². The molecular weight excluding hydrogens is 594 g/mol. The summed E-state index contributed by atoms with van der Waals surface area (Å²) in [5.74, 6) is 0.520. The van der Waals surface area contributed by atoms with Crippen LogP contribution in [0.1, 0.15) is 24.0 Å². The van der Waals surface area contributed by atoms with E-state index in [9.17, 15) is 30.4 Å². The third kappa shape index (κ3) is 8.41. The quantitative estimate of drug-likeness (QED) is 0.259. The molecule has 0 bridgehead atoms. The number of benzene rings is 2. The number of carboxylic acid groups (broad SMARTS) is 1. The van der Waals surface area contributed by atoms with E-state index in [1.54, 1.807) is 0 Å². The molecule has 8 nitrogen and oxygen atoms in total. The molecule has 1 aromatic heterocycles. The zero-order valence-corrected chi connectivity index (χ0v) is 21.5. The summed E-state index contributed by atoms with van der Waals surface area (Å²) in [6, 6.07) is 6.06. The zero-order chi connectivity index (χ0) is 29.0. The van der Waals surface area contributed by atoms with Crippen molar-refractivity contribution in [3.63, 3.8) is 0 Å². The lowest BCUT2D eigenvalue weighted by Crippen LogP contribution is -2.21. The van der Waals surface area contributed by atoms with Gasteiger partial charge in [-0.05, 0) is 43.2 Å². The van der Waals surface area contributed by atoms with Crippen molar-refractivity contribution < 1.29 is 40.3 Å². The Morgan fingerprint density at radius 1 is 1.05 bits per heavy atom. The number of anilines is 2. The van der Waals surface area contributed by atoms with E-state index >= 15 is 0 Å². The molecule has 1 aliphatic rings. The Kier molecular flexibility index (Phi) is 9.21. The Labute approximate surface area is 228 Å². The second-order valence-electron chi connectivity index (χ2n) is 7.73. The average Bonchev–Trinajstić information content (AvgIpc) is 3.67. The number of aromatic nitrogens is 2. The lowest BCUT2D eigenvalue weighted by molar-refractivity contribution is -0.192. The first-order valence-electron chi connectivity index (χ1n) is 10.5. The summed E-state index contributed by atoms with van der Waals surface area (Å²) in [5, 5.41) is 10.3. The molecule has 1 saturated carbocycles. The minimum absolute atomic E-state index is 0.107. The number of halogens is 7. The normalized spacial score (nSPS) is 12.9. The molecule has 0 radical (unpaired) electrons. The Hall–Kier alpha value is -3.67. The standard InChI is InChI=1S/C21H14Cl2F2N4O2S.C2HF3O2/c22-13-2-6-16(23)19(9-13)32(30,31)29-18-8-7-17(24)15(20(18)25)5-1-12-10-26-21(27-11-12)28-14-3-4-14;3-2(4,5)1(6)7/h2,6-11,14,29H,3-4H2,(H,26,27,28);(H,6,7). The number of aliphatic carboxylic acids is 1. The number of hydrogen-bond donors (Lipinski definition) is 3. The van der Waals surface area contributed by atoms with Gasteiger partial charge < -0.3 is 10.4 Å². The zero-order valence-electron chi connectivity index (χ0n) is 19.2. The van der Waals surface area contributed by atoms with Crippen LogP contribution in [0.15, 0.2) is 47.6 Å². The van der Waals surface area contributed by atoms with Crippen LogP contribution >= 0.6 is 23.2 Å². The van der Waals surface area contributed by atoms with Crippen LogP contribution in [-0.4, -0.2) is 41.7 Å². The highest BCUT2D eigenvalue weighted by Gasteiger charge is 2.38. The smallest absolute Gasteiger partial charge is 0.475 e. The summed E-state index contributed by atoms with van der Waals surface area (Å²) >= 11 is 11.8. The topological polar surface area (TPSA) is 121 Å². The van der Waals surface area contributed by atoms with Gasteiger partial charge in [-0.3, -0.25) is 4.72 Å². The number of sulfonamides is 1. The van der Waals surface area contributed by atoms with Crippen LogP contribution in [0.2, 0.25) is 10.0 Å². The molecule has 0 unspecified atom stereocenters. The summed E-state index contributed by atoms with van der Waals surface area (Å²) in [4.78, 5) is 16.8. The van der Waals surface area contributed by atoms with E-state index in [0.29, 0.717) is 17.6 Å². The monoisotopic (exact) mass is 608 g/mol. The molecule has 0 amide bonds. The number of carbonyl (C=O) groups is 1. The van der Waals surface area contributed by atoms with E-state index in [2.05, 4.69) is 31.8 Å². The van der Waals surface area contributed by atoms with Crippen molar-refractivity contribution in [3.05, 3.63) is 75.5 Å². The number of nitrogens with zero attached hydrogens (tertiary/aromatic N) is 2. The van der Waals surface area contributed by atoms with Gasteiger partial charge in [-0.2, -0.15) is 13.2 Å². The van der Waals surface area contributed by atoms with E-state index in [0.717, 1.165) is 31.0 Å². The van der Waals surface area contributed by atoms with E-state index in [1.807, 2.05) is 0 Å². The maximum absolute atomic E-state index is 14.9. The number of nitrogens with one attached hydrogen (secondary N) is 2. The van der Waals surface area contributed by atoms with E-state index in [4.69, 9.17) is 33.1 Å². The number of rotatable bonds is 5. The van der Waals surface area contributed by atoms with E-state index in [1.165, 1.54) is 24.5 Å². The third-order valence-electron chi connectivity index (χ3n) is 4.65. The van der Waals surface area contributed by atoms with Gasteiger partial charge in [0.2, 0.25) is 5.95 Å². The minimum atomic E-state index is -5.08. The highest BCUT2D eigenvalue weighted by atomic mass is 35.5. The minimum Gasteiger partial charge on any atom is -0.475 e. The van der Waals surface area contributed by atoms with Crippen molar-refractivity contribution in [2.45, 2.75) is 30.0 Å². The molecule has 1 heterocycles. The van der Waals surface area contributed by atoms with Gasteiger partial charge in [0.1, 0.15) is 10.7 Å². The van der Waals surface area contributed by atoms with Crippen molar-refractivity contribution in [2.75, 3.05) is 10.0 Å². The summed E-state index contributed by atoms with van der Waals surface area (Å²) < 4.78 is 88.2. The van der Waals surface area contributed by atoms with Crippen LogP contribution < -0.4 is 10.0 Å². The SMILES string of the molecule is O=C(O)C(F)(F)F.O=S(=O)(Nc1ccc(F)c(C#Cc2cnc(NC3CC3)nc2)c1F)c1cc(Cl)ccc1Cl. The van der Waals surface area contributed by atoms with E-state index in [-0.39, 0.29) is 14.9 Å². The fourth-order valence-corrected chi connectivity index (χ4v) is 4.46. The van der Waals surface area contributed by atoms with Gasteiger partial charge >= 0.3 is 12.1 Å². The molecule has 39 heavy (non-hydrogen) atoms. The van der Waals surface area contributed by atoms with Crippen LogP contribution in [0.4, 0.5) is 33.6 Å². The van der Waals surface area contributed by atoms with Crippen LogP contribution in [0, 0.1) is 23.5 Å². The highest BCUT2D eigenvalue weighted by Crippen LogP contribution is 2.29. The van der Waals surface area contributed by atoms with Gasteiger partial charge in [-0.1, -0.05) is 35.0 Å². The molecule has 2 aromatic carbocycles. The molecule has 0 atom stereocenters. The molecule has 1 aliphatic carbocycles. The van der Waals surface area contributed by atoms with Crippen molar-refractivity contribution >= 4 is 50.8 Å². The molecule has 0 spiro atoms. The molecule has 4 rings (SSSR count). The Bertz CT molecular complexity index is 1560. The Balaban J connectivity index is 0.000000532. The lowest BCUT2D eigenvalue weighted by Gasteiger charge is -2.11. The molecule has 1 fully saturated rings. The largest absolute Gasteiger partial charge is 0.490 e. The maximum Gasteiger partial charge on any atom is 0.490 e. The Morgan fingerprint density at radius 2 is 1.67 bits per heavy atom. The van der Waals surface area contributed by atoms with E-state index < -0.39 is 45.1 Å². The van der Waals surface area contributed by atoms with Crippen molar-refractivity contribution in [1.82, 2.24) is 9.97 Å². The predicted octanol–water partition coefficient (Wildman–Crippen LogP) is 5.47. The maximum atomic E-state index is 14.9. The summed E-state index contributed by atoms with van der Waals surface area (Å²) in [6.07, 6.45) is -0.109. The second kappa shape index (κ2) is 12.0. The number of alkyl halides is 3. The number of hydrogen-bond acceptors (Lipinski definition) is 6. The van der Waals surface area contributed by atoms with Crippen LogP contribution in [-0.2, 0) is 14.8 Å². The van der Waals surface area contributed by atoms with Gasteiger partial charge in [0, 0.05) is 23.5 Å². The fraction of sp³-hybridized carbons (Fsp3) is 0.174. The summed E-state index contributed by atoms with van der Waals surface area (Å²) in [7, 11) is -4.30. The van der Waals surface area contributed by atoms with Crippen molar-refractivity contribution in [3.8, 4) is 11.8 Å². The average molecular weight is 609 g/mol. The number of carboxylic acids is 1. The molecule has 0 aliphatic heterocycles. The second-order valence-corrected chi connectivity index (χ2v) is 10.2. The van der Waals surface area contributed by atoms with Gasteiger partial charge in [0.15, 0.2) is 5.82 Å². The molecule has 16 heteroatoms. The van der Waals surface area contributed by atoms with Gasteiger partial charge in [-0.15, -0.1) is 0 Å². The summed E-state index contributed by atoms with van der Waals surface area (Å²) in [6.45, 7) is 0.